The highest BCUT2D eigenvalue weighted by atomic mass is 35.5. The monoisotopic (exact) mass is 397 g/mol. The van der Waals surface area contributed by atoms with Crippen LogP contribution in [0.2, 0.25) is 10.0 Å². The molecule has 1 amide bonds. The first-order chi connectivity index (χ1) is 11.9. The maximum Gasteiger partial charge on any atom is 0.259 e. The second kappa shape index (κ2) is 8.04. The lowest BCUT2D eigenvalue weighted by atomic mass is 9.99. The van der Waals surface area contributed by atoms with E-state index in [-0.39, 0.29) is 5.91 Å². The van der Waals surface area contributed by atoms with Crippen molar-refractivity contribution in [3.05, 3.63) is 44.4 Å². The topological polar surface area (TPSA) is 45.2 Å². The molecule has 2 heterocycles. The van der Waals surface area contributed by atoms with Gasteiger partial charge < -0.3 is 0 Å². The predicted molar refractivity (Wildman–Crippen MR) is 105 cm³/mol. The van der Waals surface area contributed by atoms with Gasteiger partial charge in [0.1, 0.15) is 0 Å². The first kappa shape index (κ1) is 18.6. The van der Waals surface area contributed by atoms with Gasteiger partial charge in [0.05, 0.1) is 16.3 Å². The Bertz CT molecular complexity index is 770. The van der Waals surface area contributed by atoms with Gasteiger partial charge in [0, 0.05) is 16.4 Å². The number of halogens is 2. The first-order valence-electron chi connectivity index (χ1n) is 8.37. The van der Waals surface area contributed by atoms with Crippen LogP contribution in [0.5, 0.6) is 0 Å². The van der Waals surface area contributed by atoms with Crippen molar-refractivity contribution in [1.82, 2.24) is 9.88 Å². The van der Waals surface area contributed by atoms with Gasteiger partial charge in [0.15, 0.2) is 5.13 Å². The van der Waals surface area contributed by atoms with Crippen molar-refractivity contribution in [2.75, 3.05) is 18.4 Å². The van der Waals surface area contributed by atoms with Gasteiger partial charge in [-0.25, -0.2) is 4.98 Å². The summed E-state index contributed by atoms with van der Waals surface area (Å²) in [5.74, 6) is 0.524. The average molecular weight is 398 g/mol. The van der Waals surface area contributed by atoms with E-state index in [4.69, 9.17) is 23.2 Å². The fourth-order valence-electron chi connectivity index (χ4n) is 2.89. The van der Waals surface area contributed by atoms with E-state index in [9.17, 15) is 4.79 Å². The van der Waals surface area contributed by atoms with Gasteiger partial charge in [-0.3, -0.25) is 15.0 Å². The molecule has 0 spiro atoms. The molecule has 0 radical (unpaired) electrons. The summed E-state index contributed by atoms with van der Waals surface area (Å²) >= 11 is 13.6. The zero-order valence-electron chi connectivity index (χ0n) is 14.3. The van der Waals surface area contributed by atoms with Gasteiger partial charge in [-0.2, -0.15) is 0 Å². The molecule has 1 aromatic heterocycles. The number of carbonyl (C=O) groups excluding carboxylic acids is 1. The van der Waals surface area contributed by atoms with Crippen molar-refractivity contribution in [2.45, 2.75) is 33.2 Å². The highest BCUT2D eigenvalue weighted by Gasteiger charge is 2.19. The number of piperidine rings is 1. The van der Waals surface area contributed by atoms with E-state index in [1.807, 2.05) is 6.92 Å². The Hall–Kier alpha value is -1.14. The summed E-state index contributed by atoms with van der Waals surface area (Å²) in [6, 6.07) is 4.84. The van der Waals surface area contributed by atoms with Crippen molar-refractivity contribution >= 4 is 45.6 Å². The number of aryl methyl sites for hydroxylation is 1. The largest absolute Gasteiger partial charge is 0.298 e. The fraction of sp³-hybridized carbons (Fsp3) is 0.444. The van der Waals surface area contributed by atoms with Gasteiger partial charge >= 0.3 is 0 Å². The number of benzene rings is 1. The molecule has 25 heavy (non-hydrogen) atoms. The quantitative estimate of drug-likeness (QED) is 0.766. The normalized spacial score (nSPS) is 16.2. The second-order valence-electron chi connectivity index (χ2n) is 6.56. The second-order valence-corrected chi connectivity index (χ2v) is 8.49. The van der Waals surface area contributed by atoms with Crippen molar-refractivity contribution < 1.29 is 4.79 Å². The molecule has 1 aliphatic heterocycles. The Morgan fingerprint density at radius 1 is 1.36 bits per heavy atom. The standard InChI is InChI=1S/C18H21Cl2N3OS/c1-11-5-7-23(8-6-11)10-16-12(2)21-18(25-16)22-17(24)14-9-13(19)3-4-15(14)20/h3-4,9,11H,5-8,10H2,1-2H3,(H,21,22,24). The van der Waals surface area contributed by atoms with Crippen LogP contribution in [0.25, 0.3) is 0 Å². The number of anilines is 1. The Balaban J connectivity index is 1.67. The molecule has 0 saturated carbocycles. The molecule has 0 unspecified atom stereocenters. The van der Waals surface area contributed by atoms with Crippen LogP contribution in [0.1, 0.15) is 40.7 Å². The molecule has 1 fully saturated rings. The molecule has 1 N–H and O–H groups in total. The van der Waals surface area contributed by atoms with Crippen LogP contribution in [0.15, 0.2) is 18.2 Å². The molecule has 1 aromatic carbocycles. The van der Waals surface area contributed by atoms with E-state index in [0.717, 1.165) is 31.2 Å². The number of aromatic nitrogens is 1. The number of hydrogen-bond donors (Lipinski definition) is 1. The Kier molecular flexibility index (Phi) is 6.00. The molecule has 134 valence electrons. The van der Waals surface area contributed by atoms with Gasteiger partial charge in [-0.15, -0.1) is 11.3 Å². The summed E-state index contributed by atoms with van der Waals surface area (Å²) in [5, 5.41) is 4.28. The Labute approximate surface area is 162 Å². The molecule has 7 heteroatoms. The summed E-state index contributed by atoms with van der Waals surface area (Å²) < 4.78 is 0. The van der Waals surface area contributed by atoms with Gasteiger partial charge in [-0.05, 0) is 57.0 Å². The van der Waals surface area contributed by atoms with Crippen molar-refractivity contribution in [3.8, 4) is 0 Å². The molecule has 4 nitrogen and oxygen atoms in total. The number of likely N-dealkylation sites (tertiary alicyclic amines) is 1. The Morgan fingerprint density at radius 2 is 2.08 bits per heavy atom. The maximum atomic E-state index is 12.4. The summed E-state index contributed by atoms with van der Waals surface area (Å²) in [6.45, 7) is 7.44. The number of carbonyl (C=O) groups is 1. The van der Waals surface area contributed by atoms with E-state index in [0.29, 0.717) is 20.7 Å². The van der Waals surface area contributed by atoms with E-state index < -0.39 is 0 Å². The summed E-state index contributed by atoms with van der Waals surface area (Å²) in [6.07, 6.45) is 2.49. The van der Waals surface area contributed by atoms with Gasteiger partial charge in [0.2, 0.25) is 0 Å². The zero-order valence-corrected chi connectivity index (χ0v) is 16.6. The molecular weight excluding hydrogens is 377 g/mol. The summed E-state index contributed by atoms with van der Waals surface area (Å²) in [4.78, 5) is 20.6. The highest BCUT2D eigenvalue weighted by Crippen LogP contribution is 2.28. The van der Waals surface area contributed by atoms with Crippen LogP contribution < -0.4 is 5.32 Å². The van der Waals surface area contributed by atoms with E-state index in [2.05, 4.69) is 22.1 Å². The number of nitrogens with zero attached hydrogens (tertiary/aromatic N) is 2. The number of rotatable bonds is 4. The smallest absolute Gasteiger partial charge is 0.259 e. The Morgan fingerprint density at radius 3 is 2.80 bits per heavy atom. The van der Waals surface area contributed by atoms with Crippen molar-refractivity contribution in [1.29, 1.82) is 0 Å². The SMILES string of the molecule is Cc1nc(NC(=O)c2cc(Cl)ccc2Cl)sc1CN1CCC(C)CC1. The van der Waals surface area contributed by atoms with E-state index in [1.54, 1.807) is 18.2 Å². The third-order valence-corrected chi connectivity index (χ3v) is 6.15. The third-order valence-electron chi connectivity index (χ3n) is 4.53. The van der Waals surface area contributed by atoms with E-state index in [1.165, 1.54) is 29.1 Å². The number of thiazole rings is 1. The summed E-state index contributed by atoms with van der Waals surface area (Å²) in [5.41, 5.74) is 1.32. The molecule has 0 atom stereocenters. The predicted octanol–water partition coefficient (Wildman–Crippen LogP) is 5.24. The van der Waals surface area contributed by atoms with Crippen molar-refractivity contribution in [2.24, 2.45) is 5.92 Å². The van der Waals surface area contributed by atoms with Crippen LogP contribution in [0.4, 0.5) is 5.13 Å². The molecule has 2 aromatic rings. The molecule has 1 aliphatic rings. The number of amides is 1. The molecular formula is C18H21Cl2N3OS. The summed E-state index contributed by atoms with van der Waals surface area (Å²) in [7, 11) is 0. The highest BCUT2D eigenvalue weighted by molar-refractivity contribution is 7.15. The lowest BCUT2D eigenvalue weighted by Crippen LogP contribution is -2.32. The third kappa shape index (κ3) is 4.73. The maximum absolute atomic E-state index is 12.4. The zero-order chi connectivity index (χ0) is 18.0. The van der Waals surface area contributed by atoms with Crippen LogP contribution in [-0.2, 0) is 6.54 Å². The minimum Gasteiger partial charge on any atom is -0.298 e. The molecule has 0 bridgehead atoms. The average Bonchev–Trinajstić information content (AvgIpc) is 2.91. The van der Waals surface area contributed by atoms with Crippen LogP contribution in [0.3, 0.4) is 0 Å². The van der Waals surface area contributed by atoms with Crippen molar-refractivity contribution in [3.63, 3.8) is 0 Å². The van der Waals surface area contributed by atoms with Crippen LogP contribution in [0, 0.1) is 12.8 Å². The molecule has 0 aliphatic carbocycles. The van der Waals surface area contributed by atoms with Gasteiger partial charge in [0.25, 0.3) is 5.91 Å². The fourth-order valence-corrected chi connectivity index (χ4v) is 4.26. The lowest BCUT2D eigenvalue weighted by Gasteiger charge is -2.29. The number of hydrogen-bond acceptors (Lipinski definition) is 4. The van der Waals surface area contributed by atoms with Crippen LogP contribution in [-0.4, -0.2) is 28.9 Å². The number of nitrogens with one attached hydrogen (secondary N) is 1. The minimum atomic E-state index is -0.292. The lowest BCUT2D eigenvalue weighted by molar-refractivity contribution is 0.102. The van der Waals surface area contributed by atoms with Crippen LogP contribution >= 0.6 is 34.5 Å². The van der Waals surface area contributed by atoms with Gasteiger partial charge in [-0.1, -0.05) is 30.1 Å². The van der Waals surface area contributed by atoms with E-state index >= 15 is 0 Å². The molecule has 1 saturated heterocycles. The molecule has 3 rings (SSSR count). The first-order valence-corrected chi connectivity index (χ1v) is 9.94. The minimum absolute atomic E-state index is 0.292.